The summed E-state index contributed by atoms with van der Waals surface area (Å²) in [6, 6.07) is 11.1. The Morgan fingerprint density at radius 2 is 1.10 bits per heavy atom. The summed E-state index contributed by atoms with van der Waals surface area (Å²) in [5, 5.41) is 18.0. The highest BCUT2D eigenvalue weighted by molar-refractivity contribution is 8.13. The maximum absolute atomic E-state index is 14.6. The van der Waals surface area contributed by atoms with Crippen LogP contribution in [-0.2, 0) is 4.79 Å². The summed E-state index contributed by atoms with van der Waals surface area (Å²) in [6.45, 7) is 26.5. The van der Waals surface area contributed by atoms with Crippen LogP contribution in [0.25, 0.3) is 20.2 Å². The summed E-state index contributed by atoms with van der Waals surface area (Å²) < 4.78 is 0. The van der Waals surface area contributed by atoms with Crippen molar-refractivity contribution in [3.8, 4) is 9.75 Å². The van der Waals surface area contributed by atoms with Crippen molar-refractivity contribution in [2.75, 3.05) is 41.3 Å². The molecule has 0 aromatic carbocycles. The lowest BCUT2D eigenvalue weighted by atomic mass is 9.85. The molecule has 3 aromatic rings. The molecule has 0 spiro atoms. The van der Waals surface area contributed by atoms with Gasteiger partial charge in [0.15, 0.2) is 0 Å². The molecule has 4 atom stereocenters. The van der Waals surface area contributed by atoms with Crippen molar-refractivity contribution in [2.45, 2.75) is 172 Å². The Kier molecular flexibility index (Phi) is 23.5. The maximum Gasteiger partial charge on any atom is 0.203 e. The Bertz CT molecular complexity index is 2220. The molecule has 4 unspecified atom stereocenters. The molecule has 374 valence electrons. The second kappa shape index (κ2) is 28.4. The Hall–Kier alpha value is -2.61. The van der Waals surface area contributed by atoms with Gasteiger partial charge in [0, 0.05) is 45.7 Å². The third-order valence-electron chi connectivity index (χ3n) is 13.8. The van der Waals surface area contributed by atoms with E-state index < -0.39 is 0 Å². The number of aliphatic hydroxyl groups is 1. The highest BCUT2D eigenvalue weighted by Crippen LogP contribution is 2.53. The van der Waals surface area contributed by atoms with E-state index in [-0.39, 0.29) is 11.5 Å². The van der Waals surface area contributed by atoms with Crippen LogP contribution in [0.2, 0.25) is 0 Å². The number of unbranched alkanes of at least 4 members (excludes halogenated alkanes) is 4. The van der Waals surface area contributed by atoms with Crippen molar-refractivity contribution >= 4 is 118 Å². The number of rotatable bonds is 30. The maximum atomic E-state index is 14.6. The number of allylic oxidation sites excluding steroid dienone is 4. The molecule has 0 saturated carbocycles. The Balaban J connectivity index is 1.48. The number of hydrogen-bond acceptors (Lipinski definition) is 10. The molecule has 6 nitrogen and oxygen atoms in total. The summed E-state index contributed by atoms with van der Waals surface area (Å²) in [5.74, 6) is 2.46. The Morgan fingerprint density at radius 3 is 1.51 bits per heavy atom. The quantitative estimate of drug-likeness (QED) is 0.0506. The van der Waals surface area contributed by atoms with Gasteiger partial charge in [-0.15, -0.1) is 34.0 Å². The number of thioether (sulfide) groups is 1. The number of nitrogens with one attached hydrogen (secondary N) is 1. The number of aliphatic imine (C=N–C) groups is 1. The van der Waals surface area contributed by atoms with Crippen LogP contribution in [0.3, 0.4) is 0 Å². The number of thiocarbonyl (C=S) groups is 2. The minimum Gasteiger partial charge on any atom is -0.506 e. The summed E-state index contributed by atoms with van der Waals surface area (Å²) >= 11 is 17.8. The van der Waals surface area contributed by atoms with Gasteiger partial charge in [-0.25, -0.2) is 4.99 Å². The lowest BCUT2D eigenvalue weighted by molar-refractivity contribution is -0.111. The van der Waals surface area contributed by atoms with Crippen LogP contribution in [0.5, 0.6) is 0 Å². The molecule has 1 aliphatic carbocycles. The normalized spacial score (nSPS) is 17.4. The number of ketones is 1. The molecule has 0 fully saturated rings. The fourth-order valence-corrected chi connectivity index (χ4v) is 14.1. The first-order valence-electron chi connectivity index (χ1n) is 26.2. The van der Waals surface area contributed by atoms with Crippen molar-refractivity contribution in [2.24, 2.45) is 28.7 Å². The zero-order valence-electron chi connectivity index (χ0n) is 43.1. The van der Waals surface area contributed by atoms with Crippen LogP contribution < -0.4 is 15.1 Å². The van der Waals surface area contributed by atoms with Gasteiger partial charge >= 0.3 is 0 Å². The smallest absolute Gasteiger partial charge is 0.203 e. The van der Waals surface area contributed by atoms with Gasteiger partial charge in [0.1, 0.15) is 10.7 Å². The molecule has 12 heteroatoms. The van der Waals surface area contributed by atoms with Crippen molar-refractivity contribution in [3.63, 3.8) is 0 Å². The van der Waals surface area contributed by atoms with Gasteiger partial charge < -0.3 is 20.2 Å². The third-order valence-corrected chi connectivity index (χ3v) is 19.0. The molecular weight excluding hydrogens is 953 g/mol. The van der Waals surface area contributed by atoms with Gasteiger partial charge in [-0.2, -0.15) is 0 Å². The van der Waals surface area contributed by atoms with Gasteiger partial charge in [-0.1, -0.05) is 169 Å². The highest BCUT2D eigenvalue weighted by atomic mass is 32.2. The number of hydrogen-bond donors (Lipinski definition) is 2. The van der Waals surface area contributed by atoms with Crippen molar-refractivity contribution in [3.05, 3.63) is 62.4 Å². The second-order valence-corrected chi connectivity index (χ2v) is 24.6. The predicted molar refractivity (Wildman–Crippen MR) is 314 cm³/mol. The summed E-state index contributed by atoms with van der Waals surface area (Å²) in [6.07, 6.45) is 21.8. The second-order valence-electron chi connectivity index (χ2n) is 19.2. The van der Waals surface area contributed by atoms with Crippen LogP contribution in [0.4, 0.5) is 15.7 Å². The van der Waals surface area contributed by atoms with Crippen LogP contribution >= 0.6 is 70.2 Å². The highest BCUT2D eigenvalue weighted by Gasteiger charge is 2.42. The van der Waals surface area contributed by atoms with Crippen LogP contribution in [0, 0.1) is 23.7 Å². The molecule has 0 saturated heterocycles. The van der Waals surface area contributed by atoms with E-state index in [1.165, 1.54) is 124 Å². The summed E-state index contributed by atoms with van der Waals surface area (Å²) in [5.41, 5.74) is 2.01. The average Bonchev–Trinajstić information content (AvgIpc) is 4.16. The standard InChI is InChI=1S/C56H82N4O2S6/c1-11-19-23-39(15-5)33-59(34-40(16-6)24-20-12-2)49-29-27-45(65-49)47-31-43(57-37(9)63)55(67-47)51-53(61)52(54(51)62)56-44(58-38(10)64)32-48(68-56)46-28-30-50(66-46)60(35-41(17-7)25-21-13-3)36-42(18-8)26-22-14-4/h27-32,39-42,61H,11-26,33-36H2,1-10H3,(H,57,63)/b56-52-,58-44?. The first-order chi connectivity index (χ1) is 32.8. The van der Waals surface area contributed by atoms with Gasteiger partial charge in [0.2, 0.25) is 5.78 Å². The van der Waals surface area contributed by atoms with Crippen molar-refractivity contribution < 1.29 is 9.90 Å². The largest absolute Gasteiger partial charge is 0.506 e. The van der Waals surface area contributed by atoms with Crippen LogP contribution in [0.15, 0.2) is 57.6 Å². The van der Waals surface area contributed by atoms with E-state index >= 15 is 0 Å². The van der Waals surface area contributed by atoms with E-state index in [2.05, 4.69) is 107 Å². The average molecular weight is 1040 g/mol. The van der Waals surface area contributed by atoms with E-state index in [9.17, 15) is 9.90 Å². The molecule has 1 aliphatic heterocycles. The van der Waals surface area contributed by atoms with E-state index in [1.54, 1.807) is 18.3 Å². The predicted octanol–water partition coefficient (Wildman–Crippen LogP) is 18.5. The summed E-state index contributed by atoms with van der Waals surface area (Å²) in [7, 11) is 0. The SMILES string of the molecule is CCCCC(CC)CN(CC(CC)CCCC)c1ccc(C2=CC(=NC(C)=S)/C(=C3/C(=O)C(c4sc(-c5ccc(N(CC(CC)CCCC)CC(CC)CCCC)s5)cc4NC(C)=S)=C3O)S2)s1. The minimum absolute atomic E-state index is 0.00202. The monoisotopic (exact) mass is 1030 g/mol. The Labute approximate surface area is 438 Å². The topological polar surface area (TPSA) is 68.2 Å². The van der Waals surface area contributed by atoms with E-state index in [0.29, 0.717) is 60.3 Å². The molecule has 0 amide bonds. The summed E-state index contributed by atoms with van der Waals surface area (Å²) in [4.78, 5) is 31.5. The molecule has 3 aromatic heterocycles. The van der Waals surface area contributed by atoms with Gasteiger partial charge in [0.05, 0.1) is 47.3 Å². The molecule has 0 radical (unpaired) electrons. The number of carbonyl (C=O) groups excluding carboxylic acids is 1. The lowest BCUT2D eigenvalue weighted by Gasteiger charge is -2.31. The molecule has 68 heavy (non-hydrogen) atoms. The molecule has 2 aliphatic rings. The van der Waals surface area contributed by atoms with Gasteiger partial charge in [-0.05, 0) is 99.6 Å². The number of Topliss-reactive ketones (excluding diaryl/α,β-unsaturated/α-hetero) is 1. The zero-order chi connectivity index (χ0) is 49.3. The molecule has 4 heterocycles. The third kappa shape index (κ3) is 15.2. The van der Waals surface area contributed by atoms with Gasteiger partial charge in [-0.3, -0.25) is 4.79 Å². The van der Waals surface area contributed by atoms with Gasteiger partial charge in [0.25, 0.3) is 0 Å². The molecule has 2 N–H and O–H groups in total. The molecule has 5 rings (SSSR count). The molecule has 0 bridgehead atoms. The number of aliphatic hydroxyl groups excluding tert-OH is 1. The number of carbonyl (C=O) groups is 1. The van der Waals surface area contributed by atoms with E-state index in [1.807, 2.05) is 29.6 Å². The van der Waals surface area contributed by atoms with Crippen molar-refractivity contribution in [1.82, 2.24) is 0 Å². The fourth-order valence-electron chi connectivity index (χ4n) is 9.42. The van der Waals surface area contributed by atoms with E-state index in [4.69, 9.17) is 29.4 Å². The zero-order valence-corrected chi connectivity index (χ0v) is 48.0. The Morgan fingerprint density at radius 1 is 0.647 bits per heavy atom. The number of thiophene rings is 3. The first kappa shape index (κ1) is 56.3. The first-order valence-corrected chi connectivity index (χ1v) is 30.2. The van der Waals surface area contributed by atoms with Crippen LogP contribution in [-0.4, -0.2) is 52.8 Å². The number of nitrogens with zero attached hydrogens (tertiary/aromatic N) is 3. The number of anilines is 3. The minimum atomic E-state index is -0.185. The van der Waals surface area contributed by atoms with Crippen LogP contribution in [0.1, 0.15) is 182 Å². The molecular formula is C56H82N4O2S6. The lowest BCUT2D eigenvalue weighted by Crippen LogP contribution is -2.33. The van der Waals surface area contributed by atoms with E-state index in [0.717, 1.165) is 51.4 Å². The van der Waals surface area contributed by atoms with Crippen molar-refractivity contribution in [1.29, 1.82) is 0 Å². The fraction of sp³-hybridized carbons (Fsp3) is 0.607.